The van der Waals surface area contributed by atoms with Crippen LogP contribution in [0.1, 0.15) is 30.7 Å². The molecule has 0 aliphatic rings. The van der Waals surface area contributed by atoms with E-state index in [9.17, 15) is 14.4 Å². The van der Waals surface area contributed by atoms with Crippen molar-refractivity contribution >= 4 is 28.5 Å². The van der Waals surface area contributed by atoms with Gasteiger partial charge >= 0.3 is 6.09 Å². The Morgan fingerprint density at radius 3 is 2.79 bits per heavy atom. The third kappa shape index (κ3) is 3.36. The molecular formula is C20H18FN5O3. The minimum Gasteiger partial charge on any atom is -0.387 e. The Kier molecular flexibility index (Phi) is 4.81. The fraction of sp³-hybridized carbons (Fsp3) is 0.200. The third-order valence-corrected chi connectivity index (χ3v) is 4.80. The van der Waals surface area contributed by atoms with Gasteiger partial charge in [0.25, 0.3) is 0 Å². The van der Waals surface area contributed by atoms with Crippen molar-refractivity contribution in [3.63, 3.8) is 0 Å². The Morgan fingerprint density at radius 1 is 1.24 bits per heavy atom. The van der Waals surface area contributed by atoms with E-state index in [-0.39, 0.29) is 5.82 Å². The second-order valence-electron chi connectivity index (χ2n) is 6.64. The molecule has 2 N–H and O–H groups in total. The molecule has 4 aromatic heterocycles. The number of imidazole rings is 1. The number of fused-ring (bicyclic) bond motifs is 3. The lowest BCUT2D eigenvalue weighted by Gasteiger charge is -2.13. The number of aryl methyl sites for hydroxylation is 1. The van der Waals surface area contributed by atoms with E-state index in [0.29, 0.717) is 17.8 Å². The summed E-state index contributed by atoms with van der Waals surface area (Å²) < 4.78 is 13.8. The molecule has 0 unspecified atom stereocenters. The predicted molar refractivity (Wildman–Crippen MR) is 105 cm³/mol. The number of carbonyl (C=O) groups is 1. The van der Waals surface area contributed by atoms with Gasteiger partial charge in [0.15, 0.2) is 0 Å². The van der Waals surface area contributed by atoms with E-state index in [1.54, 1.807) is 30.9 Å². The van der Waals surface area contributed by atoms with Crippen LogP contribution in [0.25, 0.3) is 27.7 Å². The standard InChI is InChI=1S/C20H18FN5O3/c1-3-17(27)15-6-11(2)14(10-23-15)13-7-12-9-24-18(25-20(28)29-21)8-16(12)26-5-4-22-19(13)26/h4-10,17,27H,3H2,1-2H3,(H,24,25,28)/t17-/m0/s1. The van der Waals surface area contributed by atoms with Gasteiger partial charge in [0.2, 0.25) is 0 Å². The van der Waals surface area contributed by atoms with Crippen molar-refractivity contribution in [2.75, 3.05) is 5.32 Å². The zero-order valence-corrected chi connectivity index (χ0v) is 15.8. The van der Waals surface area contributed by atoms with Crippen LogP contribution in [-0.2, 0) is 4.94 Å². The molecule has 29 heavy (non-hydrogen) atoms. The van der Waals surface area contributed by atoms with Crippen LogP contribution >= 0.6 is 0 Å². The van der Waals surface area contributed by atoms with E-state index in [2.05, 4.69) is 25.2 Å². The van der Waals surface area contributed by atoms with Gasteiger partial charge in [-0.1, -0.05) is 6.92 Å². The first-order chi connectivity index (χ1) is 14.0. The fourth-order valence-electron chi connectivity index (χ4n) is 3.33. The smallest absolute Gasteiger partial charge is 0.387 e. The molecule has 0 radical (unpaired) electrons. The summed E-state index contributed by atoms with van der Waals surface area (Å²) in [6, 6.07) is 5.42. The Bertz CT molecular complexity index is 1220. The number of halogens is 1. The number of amides is 1. The van der Waals surface area contributed by atoms with E-state index in [1.165, 1.54) is 0 Å². The molecule has 148 valence electrons. The zero-order chi connectivity index (χ0) is 20.5. The molecule has 4 heterocycles. The van der Waals surface area contributed by atoms with Gasteiger partial charge in [-0.2, -0.15) is 0 Å². The summed E-state index contributed by atoms with van der Waals surface area (Å²) in [7, 11) is 0. The quantitative estimate of drug-likeness (QED) is 0.539. The number of rotatable bonds is 4. The summed E-state index contributed by atoms with van der Waals surface area (Å²) >= 11 is 0. The number of hydrogen-bond acceptors (Lipinski definition) is 6. The van der Waals surface area contributed by atoms with E-state index in [4.69, 9.17) is 0 Å². The Balaban J connectivity index is 1.87. The van der Waals surface area contributed by atoms with E-state index in [0.717, 1.165) is 27.6 Å². The molecule has 1 amide bonds. The summed E-state index contributed by atoms with van der Waals surface area (Å²) in [4.78, 5) is 27.2. The fourth-order valence-corrected chi connectivity index (χ4v) is 3.33. The molecule has 4 rings (SSSR count). The van der Waals surface area contributed by atoms with Crippen molar-refractivity contribution < 1.29 is 19.4 Å². The first kappa shape index (κ1) is 18.8. The van der Waals surface area contributed by atoms with Gasteiger partial charge in [0, 0.05) is 51.9 Å². The van der Waals surface area contributed by atoms with Crippen molar-refractivity contribution in [1.82, 2.24) is 19.4 Å². The molecule has 0 aliphatic heterocycles. The average Bonchev–Trinajstić information content (AvgIpc) is 3.23. The summed E-state index contributed by atoms with van der Waals surface area (Å²) in [5, 5.41) is 13.0. The topological polar surface area (TPSA) is 102 Å². The molecule has 0 saturated heterocycles. The van der Waals surface area contributed by atoms with Gasteiger partial charge in [0.05, 0.1) is 17.3 Å². The second-order valence-corrected chi connectivity index (χ2v) is 6.64. The molecule has 1 atom stereocenters. The number of nitrogens with zero attached hydrogens (tertiary/aromatic N) is 4. The summed E-state index contributed by atoms with van der Waals surface area (Å²) in [6.07, 6.45) is 5.51. The molecule has 0 saturated carbocycles. The van der Waals surface area contributed by atoms with Crippen LogP contribution in [-0.4, -0.2) is 30.6 Å². The molecule has 0 aromatic carbocycles. The minimum atomic E-state index is -1.24. The van der Waals surface area contributed by atoms with Crippen molar-refractivity contribution in [2.24, 2.45) is 0 Å². The zero-order valence-electron chi connectivity index (χ0n) is 15.8. The molecule has 0 aliphatic carbocycles. The van der Waals surface area contributed by atoms with Crippen molar-refractivity contribution in [3.05, 3.63) is 54.2 Å². The minimum absolute atomic E-state index is 0.152. The highest BCUT2D eigenvalue weighted by molar-refractivity contribution is 5.94. The maximum absolute atomic E-state index is 12.0. The predicted octanol–water partition coefficient (Wildman–Crippen LogP) is 4.13. The molecule has 0 fully saturated rings. The van der Waals surface area contributed by atoms with Gasteiger partial charge in [-0.05, 0) is 31.0 Å². The number of nitrogens with one attached hydrogen (secondary N) is 1. The largest absolute Gasteiger partial charge is 0.450 e. The molecular weight excluding hydrogens is 377 g/mol. The maximum atomic E-state index is 12.0. The highest BCUT2D eigenvalue weighted by Gasteiger charge is 2.15. The summed E-state index contributed by atoms with van der Waals surface area (Å²) in [6.45, 7) is 3.86. The van der Waals surface area contributed by atoms with Gasteiger partial charge in [-0.15, -0.1) is 0 Å². The Hall–Kier alpha value is -3.59. The average molecular weight is 395 g/mol. The van der Waals surface area contributed by atoms with E-state index >= 15 is 0 Å². The number of carbonyl (C=O) groups excluding carboxylic acids is 1. The molecule has 9 heteroatoms. The van der Waals surface area contributed by atoms with E-state index < -0.39 is 12.2 Å². The van der Waals surface area contributed by atoms with Crippen LogP contribution < -0.4 is 5.32 Å². The van der Waals surface area contributed by atoms with Crippen LogP contribution in [0.4, 0.5) is 15.1 Å². The highest BCUT2D eigenvalue weighted by Crippen LogP contribution is 2.32. The first-order valence-corrected chi connectivity index (χ1v) is 9.02. The second kappa shape index (κ2) is 7.44. The number of aromatic nitrogens is 4. The summed E-state index contributed by atoms with van der Waals surface area (Å²) in [5.41, 5.74) is 4.76. The van der Waals surface area contributed by atoms with Crippen molar-refractivity contribution in [2.45, 2.75) is 26.4 Å². The monoisotopic (exact) mass is 395 g/mol. The van der Waals surface area contributed by atoms with Crippen molar-refractivity contribution in [3.8, 4) is 11.1 Å². The molecule has 0 spiro atoms. The number of aliphatic hydroxyl groups excluding tert-OH is 1. The number of aliphatic hydroxyl groups is 1. The Morgan fingerprint density at radius 2 is 2.07 bits per heavy atom. The summed E-state index contributed by atoms with van der Waals surface area (Å²) in [5.74, 6) is 0.152. The molecule has 4 aromatic rings. The molecule has 0 bridgehead atoms. The molecule has 8 nitrogen and oxygen atoms in total. The van der Waals surface area contributed by atoms with Gasteiger partial charge < -0.3 is 5.11 Å². The van der Waals surface area contributed by atoms with Crippen LogP contribution in [0.3, 0.4) is 0 Å². The number of anilines is 1. The van der Waals surface area contributed by atoms with Crippen molar-refractivity contribution in [1.29, 1.82) is 0 Å². The van der Waals surface area contributed by atoms with Crippen LogP contribution in [0.15, 0.2) is 43.0 Å². The lowest BCUT2D eigenvalue weighted by atomic mass is 10.0. The van der Waals surface area contributed by atoms with Gasteiger partial charge in [-0.25, -0.2) is 19.7 Å². The third-order valence-electron chi connectivity index (χ3n) is 4.80. The normalized spacial score (nSPS) is 12.3. The van der Waals surface area contributed by atoms with Gasteiger partial charge in [-0.3, -0.25) is 14.7 Å². The van der Waals surface area contributed by atoms with Crippen LogP contribution in [0, 0.1) is 6.92 Å². The van der Waals surface area contributed by atoms with E-state index in [1.807, 2.05) is 30.4 Å². The lowest BCUT2D eigenvalue weighted by molar-refractivity contribution is -0.0544. The van der Waals surface area contributed by atoms with Crippen LogP contribution in [0.2, 0.25) is 0 Å². The Labute approximate surface area is 164 Å². The number of hydrogen-bond donors (Lipinski definition) is 2. The van der Waals surface area contributed by atoms with Crippen LogP contribution in [0.5, 0.6) is 0 Å². The first-order valence-electron chi connectivity index (χ1n) is 9.02. The lowest BCUT2D eigenvalue weighted by Crippen LogP contribution is -2.10. The SMILES string of the molecule is CC[C@H](O)c1cc(C)c(-c2cc3cnc(NC(=O)OF)cc3n3ccnc23)cn1. The van der Waals surface area contributed by atoms with Gasteiger partial charge in [0.1, 0.15) is 11.5 Å². The number of pyridine rings is 3. The maximum Gasteiger partial charge on any atom is 0.450 e. The highest BCUT2D eigenvalue weighted by atomic mass is 19.3.